The van der Waals surface area contributed by atoms with E-state index >= 15 is 0 Å². The van der Waals surface area contributed by atoms with Crippen LogP contribution in [-0.2, 0) is 0 Å². The predicted octanol–water partition coefficient (Wildman–Crippen LogP) is 5.53. The largest absolute Gasteiger partial charge is 0.341 e. The van der Waals surface area contributed by atoms with Crippen LogP contribution in [0.4, 0.5) is 17.8 Å². The van der Waals surface area contributed by atoms with Crippen LogP contribution in [0.1, 0.15) is 92.9 Å². The first-order chi connectivity index (χ1) is 14.1. The van der Waals surface area contributed by atoms with Crippen LogP contribution in [0.25, 0.3) is 0 Å². The maximum Gasteiger partial charge on any atom is 0.231 e. The fourth-order valence-corrected chi connectivity index (χ4v) is 3.29. The van der Waals surface area contributed by atoms with E-state index in [9.17, 15) is 0 Å². The van der Waals surface area contributed by atoms with Crippen molar-refractivity contribution < 1.29 is 0 Å². The van der Waals surface area contributed by atoms with Gasteiger partial charge in [-0.15, -0.1) is 0 Å². The molecular weight excluding hydrogens is 360 g/mol. The average molecular weight is 407 g/mol. The van der Waals surface area contributed by atoms with Gasteiger partial charge >= 0.3 is 0 Å². The molecule has 0 bridgehead atoms. The van der Waals surface area contributed by atoms with Crippen molar-refractivity contribution in [2.45, 2.75) is 92.9 Å². The lowest BCUT2D eigenvalue weighted by molar-refractivity contribution is 0.641. The van der Waals surface area contributed by atoms with Gasteiger partial charge < -0.3 is 14.7 Å². The SMILES string of the molecule is CCCCN(CCCC)c1nc(N(CC)CC)nc(N(CCCC)CCCC)n1. The van der Waals surface area contributed by atoms with E-state index in [1.807, 2.05) is 0 Å². The summed E-state index contributed by atoms with van der Waals surface area (Å²) in [6.07, 6.45) is 9.40. The zero-order chi connectivity index (χ0) is 21.5. The first kappa shape index (κ1) is 25.4. The third-order valence-corrected chi connectivity index (χ3v) is 5.34. The van der Waals surface area contributed by atoms with Crippen molar-refractivity contribution in [2.24, 2.45) is 0 Å². The second-order valence-electron chi connectivity index (χ2n) is 7.80. The van der Waals surface area contributed by atoms with Crippen LogP contribution >= 0.6 is 0 Å². The number of hydrogen-bond acceptors (Lipinski definition) is 6. The van der Waals surface area contributed by atoms with Crippen molar-refractivity contribution in [3.63, 3.8) is 0 Å². The lowest BCUT2D eigenvalue weighted by Crippen LogP contribution is -2.33. The van der Waals surface area contributed by atoms with Gasteiger partial charge in [-0.3, -0.25) is 0 Å². The first-order valence-electron chi connectivity index (χ1n) is 12.2. The minimum absolute atomic E-state index is 0.825. The van der Waals surface area contributed by atoms with Crippen LogP contribution in [0, 0.1) is 0 Å². The topological polar surface area (TPSA) is 48.4 Å². The summed E-state index contributed by atoms with van der Waals surface area (Å²) < 4.78 is 0. The Balaban J connectivity index is 3.33. The molecule has 0 aliphatic carbocycles. The summed E-state index contributed by atoms with van der Waals surface area (Å²) >= 11 is 0. The van der Waals surface area contributed by atoms with Gasteiger partial charge in [0, 0.05) is 39.3 Å². The maximum absolute atomic E-state index is 5.00. The first-order valence-corrected chi connectivity index (χ1v) is 12.2. The van der Waals surface area contributed by atoms with Gasteiger partial charge in [0.25, 0.3) is 0 Å². The molecular formula is C23H46N6. The molecule has 29 heavy (non-hydrogen) atoms. The summed E-state index contributed by atoms with van der Waals surface area (Å²) in [7, 11) is 0. The number of anilines is 3. The summed E-state index contributed by atoms with van der Waals surface area (Å²) in [6, 6.07) is 0. The van der Waals surface area contributed by atoms with Gasteiger partial charge in [0.1, 0.15) is 0 Å². The molecule has 1 rings (SSSR count). The van der Waals surface area contributed by atoms with E-state index in [0.717, 1.165) is 57.1 Å². The number of nitrogens with zero attached hydrogens (tertiary/aromatic N) is 6. The number of rotatable bonds is 17. The highest BCUT2D eigenvalue weighted by Gasteiger charge is 2.19. The Labute approximate surface area is 180 Å². The zero-order valence-corrected chi connectivity index (χ0v) is 20.1. The molecule has 0 fully saturated rings. The summed E-state index contributed by atoms with van der Waals surface area (Å²) in [4.78, 5) is 21.9. The molecule has 0 atom stereocenters. The third-order valence-electron chi connectivity index (χ3n) is 5.34. The summed E-state index contributed by atoms with van der Waals surface area (Å²) in [6.45, 7) is 19.2. The highest BCUT2D eigenvalue weighted by Crippen LogP contribution is 2.21. The monoisotopic (exact) mass is 406 g/mol. The second kappa shape index (κ2) is 15.3. The molecule has 0 spiro atoms. The summed E-state index contributed by atoms with van der Waals surface area (Å²) in [5.41, 5.74) is 0. The third kappa shape index (κ3) is 8.75. The number of hydrogen-bond donors (Lipinski definition) is 0. The van der Waals surface area contributed by atoms with Gasteiger partial charge in [-0.25, -0.2) is 0 Å². The second-order valence-corrected chi connectivity index (χ2v) is 7.80. The van der Waals surface area contributed by atoms with Gasteiger partial charge in [-0.05, 0) is 39.5 Å². The predicted molar refractivity (Wildman–Crippen MR) is 127 cm³/mol. The minimum Gasteiger partial charge on any atom is -0.341 e. The molecule has 6 heteroatoms. The molecule has 0 saturated carbocycles. The standard InChI is InChI=1S/C23H46N6/c1-7-13-17-28(18-14-8-2)22-24-21(27(11-5)12-6)25-23(26-22)29(19-15-9-3)20-16-10-4/h7-20H2,1-6H3. The fourth-order valence-electron chi connectivity index (χ4n) is 3.29. The molecule has 168 valence electrons. The molecule has 1 heterocycles. The highest BCUT2D eigenvalue weighted by molar-refractivity contribution is 5.46. The molecule has 6 nitrogen and oxygen atoms in total. The van der Waals surface area contributed by atoms with Gasteiger partial charge in [-0.2, -0.15) is 15.0 Å². The molecule has 0 N–H and O–H groups in total. The lowest BCUT2D eigenvalue weighted by atomic mass is 10.2. The van der Waals surface area contributed by atoms with Crippen LogP contribution in [-0.4, -0.2) is 54.2 Å². The van der Waals surface area contributed by atoms with Crippen molar-refractivity contribution in [2.75, 3.05) is 54.0 Å². The molecule has 0 radical (unpaired) electrons. The van der Waals surface area contributed by atoms with Crippen LogP contribution in [0.5, 0.6) is 0 Å². The average Bonchev–Trinajstić information content (AvgIpc) is 2.74. The molecule has 1 aromatic heterocycles. The van der Waals surface area contributed by atoms with E-state index in [1.165, 1.54) is 51.4 Å². The Morgan fingerprint density at radius 3 is 0.966 bits per heavy atom. The zero-order valence-electron chi connectivity index (χ0n) is 20.1. The van der Waals surface area contributed by atoms with Crippen molar-refractivity contribution in [1.29, 1.82) is 0 Å². The fraction of sp³-hybridized carbons (Fsp3) is 0.870. The Hall–Kier alpha value is -1.59. The summed E-state index contributed by atoms with van der Waals surface area (Å²) in [5, 5.41) is 0. The number of aromatic nitrogens is 3. The Bertz CT molecular complexity index is 478. The van der Waals surface area contributed by atoms with E-state index in [-0.39, 0.29) is 0 Å². The maximum atomic E-state index is 5.00. The van der Waals surface area contributed by atoms with Crippen LogP contribution < -0.4 is 14.7 Å². The minimum atomic E-state index is 0.825. The van der Waals surface area contributed by atoms with Gasteiger partial charge in [-0.1, -0.05) is 53.4 Å². The molecule has 0 aliphatic heterocycles. The van der Waals surface area contributed by atoms with Gasteiger partial charge in [0.05, 0.1) is 0 Å². The Morgan fingerprint density at radius 2 is 0.724 bits per heavy atom. The van der Waals surface area contributed by atoms with E-state index < -0.39 is 0 Å². The molecule has 0 aliphatic rings. The van der Waals surface area contributed by atoms with Gasteiger partial charge in [0.15, 0.2) is 0 Å². The van der Waals surface area contributed by atoms with Crippen LogP contribution in [0.2, 0.25) is 0 Å². The molecule has 1 aromatic rings. The lowest BCUT2D eigenvalue weighted by Gasteiger charge is -2.28. The Kier molecular flexibility index (Phi) is 13.4. The quantitative estimate of drug-likeness (QED) is 0.339. The normalized spacial score (nSPS) is 11.0. The van der Waals surface area contributed by atoms with Crippen molar-refractivity contribution in [3.8, 4) is 0 Å². The van der Waals surface area contributed by atoms with Crippen molar-refractivity contribution in [1.82, 2.24) is 15.0 Å². The summed E-state index contributed by atoms with van der Waals surface area (Å²) in [5.74, 6) is 2.54. The highest BCUT2D eigenvalue weighted by atomic mass is 15.4. The molecule has 0 aromatic carbocycles. The van der Waals surface area contributed by atoms with E-state index in [2.05, 4.69) is 56.2 Å². The Morgan fingerprint density at radius 1 is 0.448 bits per heavy atom. The smallest absolute Gasteiger partial charge is 0.231 e. The van der Waals surface area contributed by atoms with Crippen molar-refractivity contribution in [3.05, 3.63) is 0 Å². The van der Waals surface area contributed by atoms with E-state index in [4.69, 9.17) is 15.0 Å². The van der Waals surface area contributed by atoms with E-state index in [0.29, 0.717) is 0 Å². The van der Waals surface area contributed by atoms with E-state index in [1.54, 1.807) is 0 Å². The van der Waals surface area contributed by atoms with Gasteiger partial charge in [0.2, 0.25) is 17.8 Å². The van der Waals surface area contributed by atoms with Crippen molar-refractivity contribution >= 4 is 17.8 Å². The van der Waals surface area contributed by atoms with Crippen LogP contribution in [0.3, 0.4) is 0 Å². The molecule has 0 amide bonds. The van der Waals surface area contributed by atoms with Crippen LogP contribution in [0.15, 0.2) is 0 Å². The molecule has 0 saturated heterocycles. The molecule has 0 unspecified atom stereocenters. The number of unbranched alkanes of at least 4 members (excludes halogenated alkanes) is 4.